The molecule has 0 atom stereocenters. The van der Waals surface area contributed by atoms with Crippen molar-refractivity contribution in [1.82, 2.24) is 9.88 Å². The van der Waals surface area contributed by atoms with E-state index in [2.05, 4.69) is 16.2 Å². The predicted octanol–water partition coefficient (Wildman–Crippen LogP) is 2.24. The molecule has 20 heavy (non-hydrogen) atoms. The maximum atomic E-state index is 11.4. The molecule has 1 aromatic carbocycles. The van der Waals surface area contributed by atoms with Gasteiger partial charge in [0.15, 0.2) is 0 Å². The number of fused-ring (bicyclic) bond motifs is 1. The van der Waals surface area contributed by atoms with Gasteiger partial charge in [-0.1, -0.05) is 18.2 Å². The summed E-state index contributed by atoms with van der Waals surface area (Å²) < 4.78 is 0. The van der Waals surface area contributed by atoms with Crippen molar-refractivity contribution in [2.75, 3.05) is 18.6 Å². The number of anilines is 1. The number of amides is 1. The lowest BCUT2D eigenvalue weighted by Crippen LogP contribution is -2.29. The van der Waals surface area contributed by atoms with Gasteiger partial charge >= 0.3 is 0 Å². The van der Waals surface area contributed by atoms with Crippen LogP contribution in [0.2, 0.25) is 0 Å². The maximum Gasteiger partial charge on any atom is 0.224 e. The van der Waals surface area contributed by atoms with E-state index in [0.717, 1.165) is 35.4 Å². The molecule has 5 heteroatoms. The number of aromatic nitrogens is 1. The first-order valence-electron chi connectivity index (χ1n) is 6.59. The van der Waals surface area contributed by atoms with Crippen molar-refractivity contribution in [1.29, 1.82) is 0 Å². The van der Waals surface area contributed by atoms with Crippen molar-refractivity contribution in [2.45, 2.75) is 13.3 Å². The van der Waals surface area contributed by atoms with Gasteiger partial charge in [-0.05, 0) is 12.1 Å². The molecule has 0 N–H and O–H groups in total. The Bertz CT molecular complexity index is 695. The van der Waals surface area contributed by atoms with E-state index in [1.165, 1.54) is 0 Å². The van der Waals surface area contributed by atoms with Gasteiger partial charge in [-0.3, -0.25) is 14.8 Å². The fourth-order valence-electron chi connectivity index (χ4n) is 2.25. The first-order valence-corrected chi connectivity index (χ1v) is 6.59. The number of rotatable bonds is 1. The topological polar surface area (TPSA) is 48.8 Å². The van der Waals surface area contributed by atoms with Crippen molar-refractivity contribution in [3.05, 3.63) is 36.5 Å². The molecule has 1 aliphatic heterocycles. The molecule has 0 saturated heterocycles. The zero-order chi connectivity index (χ0) is 14.1. The van der Waals surface area contributed by atoms with E-state index in [1.807, 2.05) is 35.5 Å². The van der Waals surface area contributed by atoms with Crippen LogP contribution in [-0.4, -0.2) is 35.2 Å². The number of amidine groups is 1. The predicted molar refractivity (Wildman–Crippen MR) is 79.6 cm³/mol. The number of hydrogen-bond acceptors (Lipinski definition) is 4. The van der Waals surface area contributed by atoms with Gasteiger partial charge in [0.05, 0.1) is 17.4 Å². The lowest BCUT2D eigenvalue weighted by Gasteiger charge is -2.14. The molecule has 5 nitrogen and oxygen atoms in total. The van der Waals surface area contributed by atoms with Gasteiger partial charge in [-0.25, -0.2) is 0 Å². The molecule has 3 rings (SSSR count). The summed E-state index contributed by atoms with van der Waals surface area (Å²) in [5.74, 6) is 0.799. The van der Waals surface area contributed by atoms with Crippen LogP contribution in [0.1, 0.15) is 13.3 Å². The normalized spacial score (nSPS) is 14.5. The first-order chi connectivity index (χ1) is 9.65. The van der Waals surface area contributed by atoms with Crippen LogP contribution in [-0.2, 0) is 4.79 Å². The summed E-state index contributed by atoms with van der Waals surface area (Å²) >= 11 is 0. The van der Waals surface area contributed by atoms with Gasteiger partial charge in [0.1, 0.15) is 5.84 Å². The Hall–Kier alpha value is -2.43. The van der Waals surface area contributed by atoms with Crippen molar-refractivity contribution in [3.8, 4) is 0 Å². The Morgan fingerprint density at radius 2 is 2.15 bits per heavy atom. The summed E-state index contributed by atoms with van der Waals surface area (Å²) in [6.45, 7) is 2.32. The van der Waals surface area contributed by atoms with Crippen LogP contribution >= 0.6 is 0 Å². The summed E-state index contributed by atoms with van der Waals surface area (Å²) in [4.78, 5) is 17.4. The van der Waals surface area contributed by atoms with Crippen molar-refractivity contribution in [2.24, 2.45) is 5.10 Å². The fraction of sp³-hybridized carbons (Fsp3) is 0.267. The smallest absolute Gasteiger partial charge is 0.224 e. The zero-order valence-electron chi connectivity index (χ0n) is 11.6. The first kappa shape index (κ1) is 12.6. The fourth-order valence-corrected chi connectivity index (χ4v) is 2.25. The lowest BCUT2D eigenvalue weighted by atomic mass is 10.2. The van der Waals surface area contributed by atoms with Crippen molar-refractivity contribution in [3.63, 3.8) is 0 Å². The zero-order valence-corrected chi connectivity index (χ0v) is 11.6. The second-order valence-corrected chi connectivity index (χ2v) is 4.85. The van der Waals surface area contributed by atoms with Crippen LogP contribution in [0.4, 0.5) is 5.69 Å². The summed E-state index contributed by atoms with van der Waals surface area (Å²) in [5.41, 5.74) is 1.93. The molecule has 0 fully saturated rings. The molecule has 2 aromatic rings. The molecule has 1 amide bonds. The Balaban J connectivity index is 1.90. The van der Waals surface area contributed by atoms with Crippen LogP contribution in [0.15, 0.2) is 41.6 Å². The Kier molecular flexibility index (Phi) is 3.10. The number of pyridine rings is 1. The maximum absolute atomic E-state index is 11.4. The molecule has 2 heterocycles. The number of para-hydroxylation sites is 1. The molecule has 1 aliphatic rings. The quantitative estimate of drug-likeness (QED) is 0.797. The molecule has 0 saturated carbocycles. The Morgan fingerprint density at radius 3 is 2.95 bits per heavy atom. The number of nitrogens with zero attached hydrogens (tertiary/aromatic N) is 4. The van der Waals surface area contributed by atoms with Gasteiger partial charge in [0.2, 0.25) is 5.91 Å². The van der Waals surface area contributed by atoms with Gasteiger partial charge in [-0.15, -0.1) is 0 Å². The largest absolute Gasteiger partial charge is 0.302 e. The van der Waals surface area contributed by atoms with Gasteiger partial charge in [-0.2, -0.15) is 5.10 Å². The third-order valence-corrected chi connectivity index (χ3v) is 3.52. The third kappa shape index (κ3) is 2.22. The Labute approximate surface area is 117 Å². The number of carbonyl (C=O) groups is 1. The minimum absolute atomic E-state index is 0.00207. The van der Waals surface area contributed by atoms with Crippen LogP contribution in [0.5, 0.6) is 0 Å². The number of benzene rings is 1. The average molecular weight is 268 g/mol. The van der Waals surface area contributed by atoms with E-state index in [0.29, 0.717) is 0 Å². The average Bonchev–Trinajstić information content (AvgIpc) is 2.95. The summed E-state index contributed by atoms with van der Waals surface area (Å²) in [6, 6.07) is 10.1. The van der Waals surface area contributed by atoms with E-state index in [-0.39, 0.29) is 5.91 Å². The van der Waals surface area contributed by atoms with E-state index in [4.69, 9.17) is 0 Å². The van der Waals surface area contributed by atoms with Gasteiger partial charge in [0, 0.05) is 32.3 Å². The standard InChI is InChI=1S/C15H16N4O/c1-11(20)18(2)15-7-8-19(17-15)13-9-12-5-3-4-6-14(12)16-10-13/h3-6,9-10H,7-8H2,1-2H3. The van der Waals surface area contributed by atoms with Crippen molar-refractivity contribution >= 4 is 28.3 Å². The number of hydrazone groups is 1. The molecule has 0 spiro atoms. The monoisotopic (exact) mass is 268 g/mol. The molecule has 0 radical (unpaired) electrons. The highest BCUT2D eigenvalue weighted by Crippen LogP contribution is 2.23. The van der Waals surface area contributed by atoms with E-state index >= 15 is 0 Å². The van der Waals surface area contributed by atoms with E-state index in [9.17, 15) is 4.79 Å². The minimum Gasteiger partial charge on any atom is -0.302 e. The summed E-state index contributed by atoms with van der Waals surface area (Å²) in [6.07, 6.45) is 2.59. The number of hydrogen-bond donors (Lipinski definition) is 0. The minimum atomic E-state index is 0.00207. The van der Waals surface area contributed by atoms with Crippen LogP contribution in [0.25, 0.3) is 10.9 Å². The van der Waals surface area contributed by atoms with Crippen LogP contribution in [0, 0.1) is 0 Å². The molecular formula is C15H16N4O. The molecule has 102 valence electrons. The van der Waals surface area contributed by atoms with Crippen molar-refractivity contribution < 1.29 is 4.79 Å². The molecule has 0 aliphatic carbocycles. The van der Waals surface area contributed by atoms with E-state index < -0.39 is 0 Å². The van der Waals surface area contributed by atoms with Gasteiger partial charge in [0.25, 0.3) is 0 Å². The second kappa shape index (κ2) is 4.92. The lowest BCUT2D eigenvalue weighted by molar-refractivity contribution is -0.124. The summed E-state index contributed by atoms with van der Waals surface area (Å²) in [5, 5.41) is 7.49. The Morgan fingerprint density at radius 1 is 1.35 bits per heavy atom. The molecule has 0 bridgehead atoms. The van der Waals surface area contributed by atoms with Crippen LogP contribution < -0.4 is 5.01 Å². The highest BCUT2D eigenvalue weighted by Gasteiger charge is 2.21. The SMILES string of the molecule is CC(=O)N(C)C1=NN(c2cnc3ccccc3c2)CC1. The number of carbonyl (C=O) groups excluding carboxylic acids is 1. The molecule has 1 aromatic heterocycles. The molecule has 0 unspecified atom stereocenters. The van der Waals surface area contributed by atoms with Crippen LogP contribution in [0.3, 0.4) is 0 Å². The van der Waals surface area contributed by atoms with Gasteiger partial charge < -0.3 is 4.90 Å². The van der Waals surface area contributed by atoms with E-state index in [1.54, 1.807) is 18.9 Å². The highest BCUT2D eigenvalue weighted by molar-refractivity contribution is 5.98. The highest BCUT2D eigenvalue weighted by atomic mass is 16.2. The molecular weight excluding hydrogens is 252 g/mol. The second-order valence-electron chi connectivity index (χ2n) is 4.85. The third-order valence-electron chi connectivity index (χ3n) is 3.52. The summed E-state index contributed by atoms with van der Waals surface area (Å²) in [7, 11) is 1.75.